The van der Waals surface area contributed by atoms with Gasteiger partial charge in [-0.25, -0.2) is 0 Å². The van der Waals surface area contributed by atoms with E-state index in [1.54, 1.807) is 37.2 Å². The summed E-state index contributed by atoms with van der Waals surface area (Å²) in [4.78, 5) is 13.0. The van der Waals surface area contributed by atoms with Crippen LogP contribution >= 0.6 is 0 Å². The molecule has 0 aliphatic carbocycles. The standard InChI is InChI=1S/C16H17NO3/c1-17(2)15(16(18)19)12-7-6-10-14(11-12)20-13-8-4-3-5-9-13/h3-11,15H,1-2H3,(H,18,19). The summed E-state index contributed by atoms with van der Waals surface area (Å²) in [6, 6.07) is 15.9. The summed E-state index contributed by atoms with van der Waals surface area (Å²) >= 11 is 0. The molecule has 0 saturated carbocycles. The highest BCUT2D eigenvalue weighted by atomic mass is 16.5. The van der Waals surface area contributed by atoms with Crippen molar-refractivity contribution in [1.82, 2.24) is 4.90 Å². The van der Waals surface area contributed by atoms with Crippen LogP contribution in [-0.2, 0) is 4.79 Å². The lowest BCUT2D eigenvalue weighted by Gasteiger charge is -2.20. The van der Waals surface area contributed by atoms with Gasteiger partial charge < -0.3 is 9.84 Å². The minimum Gasteiger partial charge on any atom is -0.480 e. The molecule has 4 heteroatoms. The molecule has 0 amide bonds. The zero-order valence-electron chi connectivity index (χ0n) is 11.5. The van der Waals surface area contributed by atoms with Crippen LogP contribution < -0.4 is 4.74 Å². The second kappa shape index (κ2) is 6.21. The van der Waals surface area contributed by atoms with E-state index in [0.29, 0.717) is 11.3 Å². The van der Waals surface area contributed by atoms with Crippen molar-refractivity contribution < 1.29 is 14.6 Å². The van der Waals surface area contributed by atoms with E-state index in [2.05, 4.69) is 0 Å². The highest BCUT2D eigenvalue weighted by Gasteiger charge is 2.22. The van der Waals surface area contributed by atoms with Crippen LogP contribution in [0, 0.1) is 0 Å². The van der Waals surface area contributed by atoms with Gasteiger partial charge in [0.2, 0.25) is 0 Å². The van der Waals surface area contributed by atoms with E-state index in [4.69, 9.17) is 4.74 Å². The molecular weight excluding hydrogens is 254 g/mol. The Bertz CT molecular complexity index is 581. The summed E-state index contributed by atoms with van der Waals surface area (Å²) < 4.78 is 5.72. The van der Waals surface area contributed by atoms with Gasteiger partial charge in [-0.1, -0.05) is 30.3 Å². The number of aliphatic carboxylic acids is 1. The van der Waals surface area contributed by atoms with Gasteiger partial charge in [-0.05, 0) is 43.9 Å². The Kier molecular flexibility index (Phi) is 4.38. The molecule has 20 heavy (non-hydrogen) atoms. The van der Waals surface area contributed by atoms with Crippen molar-refractivity contribution >= 4 is 5.97 Å². The van der Waals surface area contributed by atoms with E-state index in [1.165, 1.54) is 0 Å². The van der Waals surface area contributed by atoms with Crippen molar-refractivity contribution in [3.8, 4) is 11.5 Å². The van der Waals surface area contributed by atoms with E-state index in [0.717, 1.165) is 5.75 Å². The molecule has 1 N–H and O–H groups in total. The predicted octanol–water partition coefficient (Wildman–Crippen LogP) is 3.17. The quantitative estimate of drug-likeness (QED) is 0.907. The first-order valence-corrected chi connectivity index (χ1v) is 6.30. The second-order valence-corrected chi connectivity index (χ2v) is 4.69. The molecule has 0 saturated heterocycles. The first-order chi connectivity index (χ1) is 9.58. The lowest BCUT2D eigenvalue weighted by Crippen LogP contribution is -2.27. The monoisotopic (exact) mass is 271 g/mol. The first kappa shape index (κ1) is 14.1. The number of para-hydroxylation sites is 1. The SMILES string of the molecule is CN(C)C(C(=O)O)c1cccc(Oc2ccccc2)c1. The number of carboxylic acids is 1. The van der Waals surface area contributed by atoms with E-state index < -0.39 is 12.0 Å². The maximum Gasteiger partial charge on any atom is 0.325 e. The van der Waals surface area contributed by atoms with Crippen LogP contribution in [0.1, 0.15) is 11.6 Å². The number of likely N-dealkylation sites (N-methyl/N-ethyl adjacent to an activating group) is 1. The predicted molar refractivity (Wildman–Crippen MR) is 77.0 cm³/mol. The zero-order valence-corrected chi connectivity index (χ0v) is 11.5. The van der Waals surface area contributed by atoms with Crippen molar-refractivity contribution in [1.29, 1.82) is 0 Å². The molecule has 0 aromatic heterocycles. The van der Waals surface area contributed by atoms with Crippen molar-refractivity contribution in [2.45, 2.75) is 6.04 Å². The van der Waals surface area contributed by atoms with Gasteiger partial charge in [-0.3, -0.25) is 9.69 Å². The number of carbonyl (C=O) groups is 1. The van der Waals surface area contributed by atoms with Crippen LogP contribution in [0.2, 0.25) is 0 Å². The first-order valence-electron chi connectivity index (χ1n) is 6.30. The van der Waals surface area contributed by atoms with Gasteiger partial charge in [0, 0.05) is 0 Å². The van der Waals surface area contributed by atoms with Crippen LogP contribution in [0.5, 0.6) is 11.5 Å². The average Bonchev–Trinajstić information content (AvgIpc) is 2.39. The van der Waals surface area contributed by atoms with Crippen LogP contribution in [0.3, 0.4) is 0 Å². The van der Waals surface area contributed by atoms with Gasteiger partial charge in [0.05, 0.1) is 0 Å². The minimum absolute atomic E-state index is 0.627. The van der Waals surface area contributed by atoms with Gasteiger partial charge >= 0.3 is 5.97 Å². The fourth-order valence-corrected chi connectivity index (χ4v) is 2.03. The lowest BCUT2D eigenvalue weighted by molar-refractivity contribution is -0.142. The Hall–Kier alpha value is -2.33. The van der Waals surface area contributed by atoms with Gasteiger partial charge in [-0.15, -0.1) is 0 Å². The number of hydrogen-bond acceptors (Lipinski definition) is 3. The third-order valence-corrected chi connectivity index (χ3v) is 2.90. The molecule has 0 bridgehead atoms. The largest absolute Gasteiger partial charge is 0.480 e. The second-order valence-electron chi connectivity index (χ2n) is 4.69. The smallest absolute Gasteiger partial charge is 0.325 e. The van der Waals surface area contributed by atoms with Gasteiger partial charge in [0.25, 0.3) is 0 Å². The van der Waals surface area contributed by atoms with Gasteiger partial charge in [0.1, 0.15) is 17.5 Å². The summed E-state index contributed by atoms with van der Waals surface area (Å²) in [5.41, 5.74) is 0.691. The maximum absolute atomic E-state index is 11.3. The van der Waals surface area contributed by atoms with Gasteiger partial charge in [-0.2, -0.15) is 0 Å². The van der Waals surface area contributed by atoms with E-state index in [9.17, 15) is 9.90 Å². The Morgan fingerprint density at radius 1 is 1.05 bits per heavy atom. The Morgan fingerprint density at radius 3 is 2.30 bits per heavy atom. The van der Waals surface area contributed by atoms with Crippen LogP contribution in [0.4, 0.5) is 0 Å². The highest BCUT2D eigenvalue weighted by molar-refractivity contribution is 5.75. The summed E-state index contributed by atoms with van der Waals surface area (Å²) in [7, 11) is 3.48. The van der Waals surface area contributed by atoms with Crippen molar-refractivity contribution in [2.75, 3.05) is 14.1 Å². The van der Waals surface area contributed by atoms with Crippen LogP contribution in [-0.4, -0.2) is 30.1 Å². The number of rotatable bonds is 5. The van der Waals surface area contributed by atoms with Gasteiger partial charge in [0.15, 0.2) is 0 Å². The van der Waals surface area contributed by atoms with Crippen molar-refractivity contribution in [3.63, 3.8) is 0 Å². The Balaban J connectivity index is 2.25. The number of nitrogens with zero attached hydrogens (tertiary/aromatic N) is 1. The molecule has 0 radical (unpaired) electrons. The topological polar surface area (TPSA) is 49.8 Å². The molecule has 104 valence electrons. The van der Waals surface area contributed by atoms with Crippen molar-refractivity contribution in [2.24, 2.45) is 0 Å². The number of carboxylic acid groups (broad SMARTS) is 1. The number of benzene rings is 2. The van der Waals surface area contributed by atoms with Crippen LogP contribution in [0.15, 0.2) is 54.6 Å². The Morgan fingerprint density at radius 2 is 1.70 bits per heavy atom. The molecule has 0 aliphatic rings. The fraction of sp³-hybridized carbons (Fsp3) is 0.188. The lowest BCUT2D eigenvalue weighted by atomic mass is 10.1. The molecule has 2 rings (SSSR count). The summed E-state index contributed by atoms with van der Waals surface area (Å²) in [6.45, 7) is 0. The third kappa shape index (κ3) is 3.36. The van der Waals surface area contributed by atoms with E-state index in [-0.39, 0.29) is 0 Å². The number of hydrogen-bond donors (Lipinski definition) is 1. The summed E-state index contributed by atoms with van der Waals surface area (Å²) in [5.74, 6) is 0.468. The molecule has 2 aromatic carbocycles. The number of ether oxygens (including phenoxy) is 1. The summed E-state index contributed by atoms with van der Waals surface area (Å²) in [6.07, 6.45) is 0. The average molecular weight is 271 g/mol. The normalized spacial score (nSPS) is 12.2. The zero-order chi connectivity index (χ0) is 14.5. The fourth-order valence-electron chi connectivity index (χ4n) is 2.03. The molecule has 0 heterocycles. The van der Waals surface area contributed by atoms with Crippen molar-refractivity contribution in [3.05, 3.63) is 60.2 Å². The Labute approximate surface area is 118 Å². The molecule has 4 nitrogen and oxygen atoms in total. The molecule has 0 spiro atoms. The molecule has 1 unspecified atom stereocenters. The third-order valence-electron chi connectivity index (χ3n) is 2.90. The molecule has 0 aliphatic heterocycles. The van der Waals surface area contributed by atoms with Crippen LogP contribution in [0.25, 0.3) is 0 Å². The highest BCUT2D eigenvalue weighted by Crippen LogP contribution is 2.26. The molecule has 1 atom stereocenters. The minimum atomic E-state index is -0.883. The van der Waals surface area contributed by atoms with E-state index >= 15 is 0 Å². The maximum atomic E-state index is 11.3. The van der Waals surface area contributed by atoms with E-state index in [1.807, 2.05) is 36.4 Å². The molecule has 2 aromatic rings. The molecular formula is C16H17NO3. The summed E-state index contributed by atoms with van der Waals surface area (Å²) in [5, 5.41) is 9.30. The molecule has 0 fully saturated rings.